The van der Waals surface area contributed by atoms with Gasteiger partial charge in [0.05, 0.1) is 0 Å². The smallest absolute Gasteiger partial charge is 0.301 e. The van der Waals surface area contributed by atoms with Crippen molar-refractivity contribution in [1.29, 1.82) is 0 Å². The monoisotopic (exact) mass is 280 g/mol. The van der Waals surface area contributed by atoms with E-state index in [1.807, 2.05) is 0 Å². The Balaban J connectivity index is 5.60. The highest BCUT2D eigenvalue weighted by Crippen LogP contribution is 2.47. The number of hydrogen-bond acceptors (Lipinski definition) is 3. The lowest BCUT2D eigenvalue weighted by Crippen LogP contribution is -2.56. The van der Waals surface area contributed by atoms with Crippen LogP contribution in [-0.4, -0.2) is 33.6 Å². The molecule has 92 valence electrons. The van der Waals surface area contributed by atoms with E-state index in [0.717, 1.165) is 0 Å². The van der Waals surface area contributed by atoms with Gasteiger partial charge in [-0.05, 0) is 0 Å². The second-order valence-corrected chi connectivity index (χ2v) is 4.23. The fourth-order valence-electron chi connectivity index (χ4n) is 0.399. The Hall–Kier alpha value is -0.360. The van der Waals surface area contributed by atoms with Crippen LogP contribution in [0.15, 0.2) is 0 Å². The molecule has 0 saturated carbocycles. The molecule has 1 atom stereocenters. The van der Waals surface area contributed by atoms with E-state index in [9.17, 15) is 39.0 Å². The van der Waals surface area contributed by atoms with Gasteiger partial charge in [-0.2, -0.15) is 26.3 Å². The van der Waals surface area contributed by atoms with Gasteiger partial charge in [0, 0.05) is 0 Å². The van der Waals surface area contributed by atoms with Crippen molar-refractivity contribution in [1.82, 2.24) is 0 Å². The molecule has 0 spiro atoms. The molecule has 0 aromatic heterocycles. The summed E-state index contributed by atoms with van der Waals surface area (Å²) in [5.41, 5.74) is 0. The lowest BCUT2D eigenvalue weighted by Gasteiger charge is -2.26. The van der Waals surface area contributed by atoms with Crippen molar-refractivity contribution in [3.63, 3.8) is 0 Å². The summed E-state index contributed by atoms with van der Waals surface area (Å²) < 4.78 is 110. The fourth-order valence-corrected chi connectivity index (χ4v) is 1.19. The Morgan fingerprint density at radius 1 is 1.00 bits per heavy atom. The van der Waals surface area contributed by atoms with Gasteiger partial charge in [-0.1, -0.05) is 0 Å². The van der Waals surface area contributed by atoms with Crippen LogP contribution in [0.25, 0.3) is 0 Å². The van der Waals surface area contributed by atoms with Gasteiger partial charge in [-0.25, -0.2) is 12.6 Å². The zero-order chi connectivity index (χ0) is 12.7. The molecular weight excluding hydrogens is 278 g/mol. The van der Waals surface area contributed by atoms with Crippen molar-refractivity contribution in [2.45, 2.75) is 16.4 Å². The van der Waals surface area contributed by atoms with Crippen molar-refractivity contribution >= 4 is 21.8 Å². The predicted molar refractivity (Wildman–Crippen MR) is 35.9 cm³/mol. The highest BCUT2D eigenvalue weighted by Gasteiger charge is 2.76. The summed E-state index contributed by atoms with van der Waals surface area (Å²) in [6.07, 6.45) is 0. The number of halogens is 6. The Morgan fingerprint density at radius 2 is 1.33 bits per heavy atom. The SMILES string of the molecule is O=S(O)C(F)(F)C(F)(F)C(F)(F)[SH](=O)=O. The maximum Gasteiger partial charge on any atom is 0.414 e. The first-order chi connectivity index (χ1) is 6.39. The highest BCUT2D eigenvalue weighted by molar-refractivity contribution is 7.80. The highest BCUT2D eigenvalue weighted by atomic mass is 32.2. The molecule has 0 heterocycles. The van der Waals surface area contributed by atoms with Gasteiger partial charge in [-0.15, -0.1) is 0 Å². The van der Waals surface area contributed by atoms with Crippen molar-refractivity contribution in [2.24, 2.45) is 0 Å². The van der Waals surface area contributed by atoms with Crippen molar-refractivity contribution < 1.29 is 43.5 Å². The van der Waals surface area contributed by atoms with Crippen LogP contribution in [0.3, 0.4) is 0 Å². The Kier molecular flexibility index (Phi) is 3.81. The normalized spacial score (nSPS) is 16.8. The molecule has 12 heteroatoms. The third-order valence-corrected chi connectivity index (χ3v) is 2.63. The van der Waals surface area contributed by atoms with Gasteiger partial charge >= 0.3 is 16.4 Å². The zero-order valence-corrected chi connectivity index (χ0v) is 8.01. The van der Waals surface area contributed by atoms with Crippen LogP contribution < -0.4 is 0 Å². The molecule has 0 aromatic rings. The van der Waals surface area contributed by atoms with Crippen LogP contribution in [0.4, 0.5) is 26.3 Å². The third kappa shape index (κ3) is 2.10. The van der Waals surface area contributed by atoms with Crippen LogP contribution in [0.5, 0.6) is 0 Å². The first kappa shape index (κ1) is 14.6. The molecule has 4 nitrogen and oxygen atoms in total. The quantitative estimate of drug-likeness (QED) is 0.450. The average molecular weight is 280 g/mol. The molecule has 0 rings (SSSR count). The molecule has 0 aromatic carbocycles. The largest absolute Gasteiger partial charge is 0.414 e. The van der Waals surface area contributed by atoms with Gasteiger partial charge in [0.1, 0.15) is 0 Å². The van der Waals surface area contributed by atoms with E-state index in [1.165, 1.54) is 0 Å². The topological polar surface area (TPSA) is 71.4 Å². The van der Waals surface area contributed by atoms with Crippen LogP contribution in [-0.2, 0) is 21.8 Å². The molecular formula is C3H2F6O4S2. The molecule has 0 bridgehead atoms. The predicted octanol–water partition coefficient (Wildman–Crippen LogP) is 0.640. The third-order valence-electron chi connectivity index (χ3n) is 1.19. The first-order valence-electron chi connectivity index (χ1n) is 2.78. The second kappa shape index (κ2) is 3.90. The molecule has 0 fully saturated rings. The van der Waals surface area contributed by atoms with Gasteiger partial charge in [0.15, 0.2) is 0 Å². The fraction of sp³-hybridized carbons (Fsp3) is 1.00. The molecule has 0 saturated heterocycles. The van der Waals surface area contributed by atoms with Gasteiger partial charge in [0.2, 0.25) is 21.8 Å². The van der Waals surface area contributed by atoms with Crippen molar-refractivity contribution in [3.05, 3.63) is 0 Å². The van der Waals surface area contributed by atoms with Crippen LogP contribution in [0, 0.1) is 0 Å². The molecule has 0 aliphatic carbocycles. The van der Waals surface area contributed by atoms with E-state index in [4.69, 9.17) is 4.55 Å². The van der Waals surface area contributed by atoms with E-state index in [2.05, 4.69) is 0 Å². The summed E-state index contributed by atoms with van der Waals surface area (Å²) >= 11 is -4.64. The molecule has 0 amide bonds. The molecule has 1 unspecified atom stereocenters. The van der Waals surface area contributed by atoms with Crippen molar-refractivity contribution in [2.75, 3.05) is 0 Å². The maximum absolute atomic E-state index is 12.2. The molecule has 0 aliphatic rings. The van der Waals surface area contributed by atoms with E-state index < -0.39 is 38.2 Å². The number of hydrogen-bond donors (Lipinski definition) is 2. The zero-order valence-electron chi connectivity index (χ0n) is 6.30. The summed E-state index contributed by atoms with van der Waals surface area (Å²) in [4.78, 5) is 0. The van der Waals surface area contributed by atoms with E-state index in [-0.39, 0.29) is 0 Å². The number of rotatable bonds is 4. The van der Waals surface area contributed by atoms with E-state index >= 15 is 0 Å². The molecule has 0 aliphatic heterocycles. The summed E-state index contributed by atoms with van der Waals surface area (Å²) in [6, 6.07) is 0. The van der Waals surface area contributed by atoms with Crippen molar-refractivity contribution in [3.8, 4) is 0 Å². The van der Waals surface area contributed by atoms with Gasteiger partial charge in [0.25, 0.3) is 0 Å². The Labute approximate surface area is 82.5 Å². The van der Waals surface area contributed by atoms with E-state index in [0.29, 0.717) is 0 Å². The summed E-state index contributed by atoms with van der Waals surface area (Å²) in [5.74, 6) is -6.48. The Bertz CT molecular complexity index is 340. The van der Waals surface area contributed by atoms with Crippen LogP contribution in [0.2, 0.25) is 0 Å². The minimum absolute atomic E-state index is 4.64. The first-order valence-corrected chi connectivity index (χ1v) is 5.06. The molecule has 0 radical (unpaired) electrons. The maximum atomic E-state index is 12.2. The Morgan fingerprint density at radius 3 is 1.53 bits per heavy atom. The van der Waals surface area contributed by atoms with Gasteiger partial charge < -0.3 is 4.55 Å². The van der Waals surface area contributed by atoms with Gasteiger partial charge in [-0.3, -0.25) is 0 Å². The lowest BCUT2D eigenvalue weighted by molar-refractivity contribution is -0.242. The lowest BCUT2D eigenvalue weighted by atomic mass is 10.3. The summed E-state index contributed by atoms with van der Waals surface area (Å²) in [5, 5.41) is -12.2. The van der Waals surface area contributed by atoms with E-state index in [1.54, 1.807) is 0 Å². The second-order valence-electron chi connectivity index (χ2n) is 2.14. The number of thiol groups is 1. The number of alkyl halides is 6. The minimum Gasteiger partial charge on any atom is -0.301 e. The standard InChI is InChI=1S/C3H2F6O4S2/c4-1(5,2(6,7)14(10)11)3(8,9)15(12)13/h14H,(H,12,13). The van der Waals surface area contributed by atoms with Crippen LogP contribution in [0.1, 0.15) is 0 Å². The molecule has 1 N–H and O–H groups in total. The van der Waals surface area contributed by atoms with Crippen LogP contribution >= 0.6 is 0 Å². The minimum atomic E-state index is -6.48. The summed E-state index contributed by atoms with van der Waals surface area (Å²) in [6.45, 7) is 0. The molecule has 15 heavy (non-hydrogen) atoms. The average Bonchev–Trinajstić information content (AvgIpc) is 2.02. The summed E-state index contributed by atoms with van der Waals surface area (Å²) in [7, 11) is -5.23.